The summed E-state index contributed by atoms with van der Waals surface area (Å²) in [6, 6.07) is 4.38. The largest absolute Gasteiger partial charge is 0.506 e. The Morgan fingerprint density at radius 1 is 1.20 bits per heavy atom. The molecule has 3 amide bonds. The van der Waals surface area contributed by atoms with Gasteiger partial charge >= 0.3 is 0 Å². The van der Waals surface area contributed by atoms with Crippen molar-refractivity contribution in [2.75, 3.05) is 11.9 Å². The number of phenols is 1. The Morgan fingerprint density at radius 3 is 2.48 bits per heavy atom. The van der Waals surface area contributed by atoms with E-state index in [1.165, 1.54) is 23.1 Å². The number of carbonyl (C=O) groups excluding carboxylic acids is 3. The number of phenolic OH excluding ortho intramolecular Hbond substituents is 1. The number of amides is 3. The average molecular weight is 363 g/mol. The number of carbonyl (C=O) groups is 3. The Hall–Kier alpha value is -2.34. The summed E-state index contributed by atoms with van der Waals surface area (Å²) in [5, 5.41) is 12.7. The summed E-state index contributed by atoms with van der Waals surface area (Å²) < 4.78 is 0. The van der Waals surface area contributed by atoms with Gasteiger partial charge in [0, 0.05) is 18.0 Å². The number of nitrogens with one attached hydrogen (secondary N) is 1. The van der Waals surface area contributed by atoms with Crippen molar-refractivity contribution in [1.29, 1.82) is 0 Å². The third kappa shape index (κ3) is 3.69. The molecular weight excluding hydrogens is 344 g/mol. The Kier molecular flexibility index (Phi) is 5.08. The molecule has 1 aliphatic carbocycles. The highest BCUT2D eigenvalue weighted by Crippen LogP contribution is 2.35. The Balaban J connectivity index is 1.51. The van der Waals surface area contributed by atoms with E-state index in [1.807, 2.05) is 12.2 Å². The first-order chi connectivity index (χ1) is 12.0. The molecule has 7 heteroatoms. The van der Waals surface area contributed by atoms with E-state index in [0.29, 0.717) is 24.3 Å². The first-order valence-electron chi connectivity index (χ1n) is 8.26. The monoisotopic (exact) mass is 362 g/mol. The molecule has 6 nitrogen and oxygen atoms in total. The number of benzene rings is 1. The lowest BCUT2D eigenvalue weighted by Gasteiger charge is -2.14. The van der Waals surface area contributed by atoms with E-state index in [-0.39, 0.29) is 54.0 Å². The van der Waals surface area contributed by atoms with Crippen LogP contribution in [-0.4, -0.2) is 34.3 Å². The van der Waals surface area contributed by atoms with E-state index in [1.54, 1.807) is 0 Å². The number of fused-ring (bicyclic) bond motifs is 1. The fourth-order valence-electron chi connectivity index (χ4n) is 3.31. The highest BCUT2D eigenvalue weighted by atomic mass is 35.5. The molecule has 1 heterocycles. The van der Waals surface area contributed by atoms with Crippen LogP contribution in [0.4, 0.5) is 5.69 Å². The van der Waals surface area contributed by atoms with Crippen molar-refractivity contribution < 1.29 is 19.5 Å². The highest BCUT2D eigenvalue weighted by Gasteiger charge is 2.46. The lowest BCUT2D eigenvalue weighted by Crippen LogP contribution is -2.32. The summed E-state index contributed by atoms with van der Waals surface area (Å²) in [5.74, 6) is -1.13. The van der Waals surface area contributed by atoms with Crippen molar-refractivity contribution in [3.05, 3.63) is 35.4 Å². The second kappa shape index (κ2) is 7.27. The minimum Gasteiger partial charge on any atom is -0.506 e. The molecule has 25 heavy (non-hydrogen) atoms. The minimum atomic E-state index is -0.309. The second-order valence-corrected chi connectivity index (χ2v) is 6.73. The molecule has 3 rings (SSSR count). The number of hydrogen-bond donors (Lipinski definition) is 2. The summed E-state index contributed by atoms with van der Waals surface area (Å²) in [6.07, 6.45) is 5.62. The molecule has 0 spiro atoms. The van der Waals surface area contributed by atoms with Crippen LogP contribution in [0.25, 0.3) is 0 Å². The van der Waals surface area contributed by atoms with E-state index in [0.717, 1.165) is 0 Å². The molecule has 2 N–H and O–H groups in total. The molecule has 132 valence electrons. The molecule has 0 aromatic heterocycles. The lowest BCUT2D eigenvalue weighted by atomic mass is 9.85. The van der Waals surface area contributed by atoms with Gasteiger partial charge in [0.1, 0.15) is 5.75 Å². The fourth-order valence-corrected chi connectivity index (χ4v) is 3.48. The Morgan fingerprint density at radius 2 is 1.84 bits per heavy atom. The van der Waals surface area contributed by atoms with Crippen LogP contribution in [-0.2, 0) is 14.4 Å². The minimum absolute atomic E-state index is 0.0702. The van der Waals surface area contributed by atoms with Crippen LogP contribution in [0, 0.1) is 11.8 Å². The normalized spacial score (nSPS) is 22.2. The molecule has 2 aliphatic rings. The number of anilines is 1. The smallest absolute Gasteiger partial charge is 0.233 e. The van der Waals surface area contributed by atoms with Gasteiger partial charge in [0.15, 0.2) is 0 Å². The third-order valence-electron chi connectivity index (χ3n) is 4.62. The second-order valence-electron chi connectivity index (χ2n) is 6.30. The molecule has 0 saturated carbocycles. The van der Waals surface area contributed by atoms with Gasteiger partial charge in [-0.15, -0.1) is 0 Å². The number of likely N-dealkylation sites (tertiary alicyclic amines) is 1. The number of nitrogens with zero attached hydrogens (tertiary/aromatic N) is 1. The Labute approximate surface area is 150 Å². The number of hydrogen-bond acceptors (Lipinski definition) is 4. The van der Waals surface area contributed by atoms with E-state index in [4.69, 9.17) is 11.6 Å². The number of rotatable bonds is 5. The number of imide groups is 1. The summed E-state index contributed by atoms with van der Waals surface area (Å²) in [4.78, 5) is 37.9. The van der Waals surface area contributed by atoms with Crippen molar-refractivity contribution in [1.82, 2.24) is 4.90 Å². The fraction of sp³-hybridized carbons (Fsp3) is 0.389. The molecule has 1 aliphatic heterocycles. The molecule has 2 atom stereocenters. The predicted octanol–water partition coefficient (Wildman–Crippen LogP) is 2.72. The van der Waals surface area contributed by atoms with Crippen molar-refractivity contribution >= 4 is 35.0 Å². The van der Waals surface area contributed by atoms with E-state index in [9.17, 15) is 19.5 Å². The van der Waals surface area contributed by atoms with E-state index in [2.05, 4.69) is 5.32 Å². The molecule has 0 bridgehead atoms. The molecule has 1 aromatic carbocycles. The number of aromatic hydroxyl groups is 1. The van der Waals surface area contributed by atoms with Gasteiger partial charge in [-0.2, -0.15) is 0 Å². The highest BCUT2D eigenvalue weighted by molar-refractivity contribution is 6.31. The van der Waals surface area contributed by atoms with Gasteiger partial charge in [-0.3, -0.25) is 19.3 Å². The maximum atomic E-state index is 12.3. The van der Waals surface area contributed by atoms with Crippen LogP contribution < -0.4 is 5.32 Å². The van der Waals surface area contributed by atoms with Crippen LogP contribution in [0.15, 0.2) is 30.4 Å². The summed E-state index contributed by atoms with van der Waals surface area (Å²) in [5.41, 5.74) is 0.239. The van der Waals surface area contributed by atoms with Crippen molar-refractivity contribution in [2.45, 2.75) is 25.7 Å². The van der Waals surface area contributed by atoms with Crippen LogP contribution >= 0.6 is 11.6 Å². The SMILES string of the molecule is O=C(CCCN1C(=O)[C@@H]2CC=CC[C@H]2C1=O)Nc1cc(Cl)ccc1O. The van der Waals surface area contributed by atoms with Gasteiger partial charge in [0.2, 0.25) is 17.7 Å². The van der Waals surface area contributed by atoms with Crippen molar-refractivity contribution in [3.8, 4) is 5.75 Å². The van der Waals surface area contributed by atoms with Crippen molar-refractivity contribution in [3.63, 3.8) is 0 Å². The van der Waals surface area contributed by atoms with Gasteiger partial charge < -0.3 is 10.4 Å². The van der Waals surface area contributed by atoms with Crippen LogP contribution in [0.5, 0.6) is 5.75 Å². The van der Waals surface area contributed by atoms with Crippen LogP contribution in [0.2, 0.25) is 5.02 Å². The number of halogens is 1. The zero-order chi connectivity index (χ0) is 18.0. The molecule has 1 saturated heterocycles. The molecular formula is C18H19ClN2O4. The average Bonchev–Trinajstić information content (AvgIpc) is 2.83. The topological polar surface area (TPSA) is 86.7 Å². The quantitative estimate of drug-likeness (QED) is 0.479. The zero-order valence-corrected chi connectivity index (χ0v) is 14.3. The Bertz CT molecular complexity index is 721. The van der Waals surface area contributed by atoms with Gasteiger partial charge in [-0.25, -0.2) is 0 Å². The zero-order valence-electron chi connectivity index (χ0n) is 13.6. The third-order valence-corrected chi connectivity index (χ3v) is 4.85. The first kappa shape index (κ1) is 17.5. The maximum absolute atomic E-state index is 12.3. The van der Waals surface area contributed by atoms with Gasteiger partial charge in [0.25, 0.3) is 0 Å². The van der Waals surface area contributed by atoms with E-state index < -0.39 is 0 Å². The van der Waals surface area contributed by atoms with E-state index >= 15 is 0 Å². The molecule has 1 fully saturated rings. The van der Waals surface area contributed by atoms with Gasteiger partial charge in [0.05, 0.1) is 17.5 Å². The van der Waals surface area contributed by atoms with Crippen LogP contribution in [0.1, 0.15) is 25.7 Å². The standard InChI is InChI=1S/C18H19ClN2O4/c19-11-7-8-15(22)14(10-11)20-16(23)6-3-9-21-17(24)12-4-1-2-5-13(12)18(21)25/h1-2,7-8,10,12-13,22H,3-6,9H2,(H,20,23)/t12-,13-/m1/s1. The first-order valence-corrected chi connectivity index (χ1v) is 8.63. The summed E-state index contributed by atoms with van der Waals surface area (Å²) in [6.45, 7) is 0.236. The molecule has 0 radical (unpaired) electrons. The summed E-state index contributed by atoms with van der Waals surface area (Å²) in [7, 11) is 0. The maximum Gasteiger partial charge on any atom is 0.233 e. The molecule has 1 aromatic rings. The van der Waals surface area contributed by atoms with Gasteiger partial charge in [-0.05, 0) is 37.5 Å². The predicted molar refractivity (Wildman–Crippen MR) is 93.1 cm³/mol. The van der Waals surface area contributed by atoms with Gasteiger partial charge in [-0.1, -0.05) is 23.8 Å². The van der Waals surface area contributed by atoms with Crippen LogP contribution in [0.3, 0.4) is 0 Å². The number of allylic oxidation sites excluding steroid dienone is 2. The van der Waals surface area contributed by atoms with Crippen molar-refractivity contribution in [2.24, 2.45) is 11.8 Å². The molecule has 0 unspecified atom stereocenters. The summed E-state index contributed by atoms with van der Waals surface area (Å²) >= 11 is 5.83. The lowest BCUT2D eigenvalue weighted by molar-refractivity contribution is -0.140.